The lowest BCUT2D eigenvalue weighted by Gasteiger charge is -2.55. The van der Waals surface area contributed by atoms with Crippen LogP contribution in [0.3, 0.4) is 0 Å². The molecule has 2 nitrogen and oxygen atoms in total. The van der Waals surface area contributed by atoms with E-state index in [1.54, 1.807) is 0 Å². The molecule has 4 atom stereocenters. The summed E-state index contributed by atoms with van der Waals surface area (Å²) in [7, 11) is 0. The lowest BCUT2D eigenvalue weighted by Crippen LogP contribution is -2.63. The Kier molecular flexibility index (Phi) is 4.72. The van der Waals surface area contributed by atoms with Gasteiger partial charge in [-0.1, -0.05) is 45.4 Å². The van der Waals surface area contributed by atoms with Crippen molar-refractivity contribution in [1.29, 1.82) is 0 Å². The average molecular weight is 278 g/mol. The highest BCUT2D eigenvalue weighted by atomic mass is 15.2. The third kappa shape index (κ3) is 2.54. The molecule has 0 aromatic carbocycles. The molecule has 0 spiro atoms. The molecular weight excluding hydrogens is 244 g/mol. The third-order valence-electron chi connectivity index (χ3n) is 6.94. The first-order chi connectivity index (χ1) is 9.80. The first-order valence-electron chi connectivity index (χ1n) is 9.25. The predicted molar refractivity (Wildman–Crippen MR) is 85.7 cm³/mol. The number of likely N-dealkylation sites (tertiary alicyclic amines) is 1. The van der Waals surface area contributed by atoms with Gasteiger partial charge in [-0.3, -0.25) is 4.90 Å². The van der Waals surface area contributed by atoms with Crippen LogP contribution in [-0.2, 0) is 0 Å². The molecule has 3 aliphatic rings. The summed E-state index contributed by atoms with van der Waals surface area (Å²) in [5.41, 5.74) is 6.72. The Bertz CT molecular complexity index is 317. The van der Waals surface area contributed by atoms with Crippen LogP contribution >= 0.6 is 0 Å². The van der Waals surface area contributed by atoms with E-state index >= 15 is 0 Å². The maximum atomic E-state index is 6.36. The maximum absolute atomic E-state index is 6.36. The van der Waals surface area contributed by atoms with E-state index in [9.17, 15) is 0 Å². The van der Waals surface area contributed by atoms with Gasteiger partial charge in [-0.2, -0.15) is 0 Å². The minimum absolute atomic E-state index is 0.357. The van der Waals surface area contributed by atoms with Crippen molar-refractivity contribution in [3.05, 3.63) is 0 Å². The van der Waals surface area contributed by atoms with Crippen LogP contribution in [0.2, 0.25) is 0 Å². The van der Waals surface area contributed by atoms with Crippen LogP contribution in [0.4, 0.5) is 0 Å². The summed E-state index contributed by atoms with van der Waals surface area (Å²) in [6.07, 6.45) is 14.3. The largest absolute Gasteiger partial charge is 0.329 e. The van der Waals surface area contributed by atoms with Gasteiger partial charge in [0.15, 0.2) is 0 Å². The van der Waals surface area contributed by atoms with Crippen LogP contribution in [0.1, 0.15) is 71.1 Å². The maximum Gasteiger partial charge on any atom is 0.0359 e. The zero-order valence-corrected chi connectivity index (χ0v) is 13.4. The number of hydrogen-bond donors (Lipinski definition) is 1. The van der Waals surface area contributed by atoms with Crippen LogP contribution < -0.4 is 5.73 Å². The van der Waals surface area contributed by atoms with Crippen molar-refractivity contribution in [3.63, 3.8) is 0 Å². The Hall–Kier alpha value is -0.0800. The Labute approximate surface area is 125 Å². The molecule has 0 radical (unpaired) electrons. The first-order valence-corrected chi connectivity index (χ1v) is 9.25. The van der Waals surface area contributed by atoms with Gasteiger partial charge in [-0.15, -0.1) is 0 Å². The molecule has 0 aromatic heterocycles. The van der Waals surface area contributed by atoms with Gasteiger partial charge in [0.1, 0.15) is 0 Å². The molecule has 2 heteroatoms. The number of hydrogen-bond acceptors (Lipinski definition) is 2. The Morgan fingerprint density at radius 2 is 1.75 bits per heavy atom. The lowest BCUT2D eigenvalue weighted by atomic mass is 9.67. The van der Waals surface area contributed by atoms with Gasteiger partial charge in [0.05, 0.1) is 0 Å². The number of nitrogens with zero attached hydrogens (tertiary/aromatic N) is 1. The van der Waals surface area contributed by atoms with Crippen LogP contribution in [0, 0.1) is 17.8 Å². The number of fused-ring (bicyclic) bond motifs is 1. The Balaban J connectivity index is 1.75. The molecule has 0 bridgehead atoms. The summed E-state index contributed by atoms with van der Waals surface area (Å²) in [5.74, 6) is 2.88. The topological polar surface area (TPSA) is 29.3 Å². The van der Waals surface area contributed by atoms with E-state index in [4.69, 9.17) is 5.73 Å². The normalized spacial score (nSPS) is 43.2. The molecule has 3 fully saturated rings. The van der Waals surface area contributed by atoms with Crippen molar-refractivity contribution in [3.8, 4) is 0 Å². The monoisotopic (exact) mass is 278 g/mol. The molecule has 2 saturated carbocycles. The van der Waals surface area contributed by atoms with Crippen LogP contribution in [0.25, 0.3) is 0 Å². The molecule has 4 unspecified atom stereocenters. The number of piperidine rings is 1. The highest BCUT2D eigenvalue weighted by molar-refractivity contribution is 5.02. The Morgan fingerprint density at radius 1 is 1.00 bits per heavy atom. The second kappa shape index (κ2) is 6.36. The van der Waals surface area contributed by atoms with Gasteiger partial charge in [-0.05, 0) is 50.0 Å². The number of rotatable bonds is 3. The van der Waals surface area contributed by atoms with Crippen molar-refractivity contribution >= 4 is 0 Å². The van der Waals surface area contributed by atoms with E-state index in [0.29, 0.717) is 5.54 Å². The minimum atomic E-state index is 0.357. The average Bonchev–Trinajstić information content (AvgIpc) is 2.54. The van der Waals surface area contributed by atoms with Gasteiger partial charge in [0, 0.05) is 18.6 Å². The van der Waals surface area contributed by atoms with Crippen LogP contribution in [0.5, 0.6) is 0 Å². The highest BCUT2D eigenvalue weighted by Gasteiger charge is 2.46. The molecule has 0 aromatic rings. The van der Waals surface area contributed by atoms with E-state index in [0.717, 1.165) is 24.3 Å². The minimum Gasteiger partial charge on any atom is -0.329 e. The summed E-state index contributed by atoms with van der Waals surface area (Å²) in [6, 6.07) is 0. The molecule has 1 aliphatic heterocycles. The summed E-state index contributed by atoms with van der Waals surface area (Å²) in [4.78, 5) is 2.87. The van der Waals surface area contributed by atoms with E-state index in [1.807, 2.05) is 0 Å². The summed E-state index contributed by atoms with van der Waals surface area (Å²) >= 11 is 0. The van der Waals surface area contributed by atoms with Gasteiger partial charge < -0.3 is 5.73 Å². The third-order valence-corrected chi connectivity index (χ3v) is 6.94. The van der Waals surface area contributed by atoms with Gasteiger partial charge in [0.25, 0.3) is 0 Å². The quantitative estimate of drug-likeness (QED) is 0.851. The zero-order valence-electron chi connectivity index (χ0n) is 13.4. The predicted octanol–water partition coefficient (Wildman–Crippen LogP) is 3.80. The SMILES string of the molecule is CCC1CCCCC1(CN)N1CCC2CCCCC2C1. The van der Waals surface area contributed by atoms with Crippen LogP contribution in [0.15, 0.2) is 0 Å². The van der Waals surface area contributed by atoms with Crippen molar-refractivity contribution in [1.82, 2.24) is 4.90 Å². The standard InChI is InChI=1S/C18H34N2/c1-2-17-9-5-6-11-18(17,14-19)20-12-10-15-7-3-4-8-16(15)13-20/h15-17H,2-14,19H2,1H3. The molecule has 3 rings (SSSR count). The van der Waals surface area contributed by atoms with E-state index < -0.39 is 0 Å². The lowest BCUT2D eigenvalue weighted by molar-refractivity contribution is -0.0445. The van der Waals surface area contributed by atoms with Gasteiger partial charge >= 0.3 is 0 Å². The number of nitrogens with two attached hydrogens (primary N) is 1. The van der Waals surface area contributed by atoms with Crippen molar-refractivity contribution < 1.29 is 0 Å². The molecule has 1 saturated heterocycles. The molecule has 2 aliphatic carbocycles. The fraction of sp³-hybridized carbons (Fsp3) is 1.00. The fourth-order valence-corrected chi connectivity index (χ4v) is 5.70. The molecule has 2 N–H and O–H groups in total. The Morgan fingerprint density at radius 3 is 2.50 bits per heavy atom. The van der Waals surface area contributed by atoms with Gasteiger partial charge in [0.2, 0.25) is 0 Å². The summed E-state index contributed by atoms with van der Waals surface area (Å²) in [5, 5.41) is 0. The van der Waals surface area contributed by atoms with Crippen molar-refractivity contribution in [2.45, 2.75) is 76.7 Å². The smallest absolute Gasteiger partial charge is 0.0359 e. The van der Waals surface area contributed by atoms with Crippen molar-refractivity contribution in [2.75, 3.05) is 19.6 Å². The van der Waals surface area contributed by atoms with E-state index in [1.165, 1.54) is 77.3 Å². The highest BCUT2D eigenvalue weighted by Crippen LogP contribution is 2.44. The van der Waals surface area contributed by atoms with E-state index in [2.05, 4.69) is 11.8 Å². The van der Waals surface area contributed by atoms with E-state index in [-0.39, 0.29) is 0 Å². The molecule has 20 heavy (non-hydrogen) atoms. The van der Waals surface area contributed by atoms with Crippen LogP contribution in [-0.4, -0.2) is 30.1 Å². The molecule has 1 heterocycles. The molecular formula is C18H34N2. The fourth-order valence-electron chi connectivity index (χ4n) is 5.70. The summed E-state index contributed by atoms with van der Waals surface area (Å²) in [6.45, 7) is 5.96. The zero-order chi connectivity index (χ0) is 14.0. The first kappa shape index (κ1) is 14.8. The second-order valence-corrected chi connectivity index (χ2v) is 7.70. The van der Waals surface area contributed by atoms with Gasteiger partial charge in [-0.25, -0.2) is 0 Å². The second-order valence-electron chi connectivity index (χ2n) is 7.70. The molecule has 0 amide bonds. The van der Waals surface area contributed by atoms with Crippen molar-refractivity contribution in [2.24, 2.45) is 23.5 Å². The molecule has 116 valence electrons. The summed E-state index contributed by atoms with van der Waals surface area (Å²) < 4.78 is 0.